The van der Waals surface area contributed by atoms with E-state index in [2.05, 4.69) is 11.2 Å². The second-order valence-corrected chi connectivity index (χ2v) is 8.61. The van der Waals surface area contributed by atoms with Crippen molar-refractivity contribution in [3.63, 3.8) is 0 Å². The third kappa shape index (κ3) is 3.05. The number of aryl methyl sites for hydroxylation is 1. The highest BCUT2D eigenvalue weighted by Crippen LogP contribution is 2.39. The van der Waals surface area contributed by atoms with Gasteiger partial charge in [-0.25, -0.2) is 8.42 Å². The Labute approximate surface area is 137 Å². The molecule has 2 heterocycles. The molecule has 0 amide bonds. The van der Waals surface area contributed by atoms with Crippen LogP contribution in [0.5, 0.6) is 0 Å². The largest absolute Gasteiger partial charge is 0.267 e. The fourth-order valence-electron chi connectivity index (χ4n) is 3.18. The molecule has 0 atom stereocenters. The third-order valence-corrected chi connectivity index (χ3v) is 6.40. The molecule has 1 fully saturated rings. The second-order valence-electron chi connectivity index (χ2n) is 6.64. The van der Waals surface area contributed by atoms with Gasteiger partial charge in [0.25, 0.3) is 0 Å². The summed E-state index contributed by atoms with van der Waals surface area (Å²) in [5, 5.41) is 4.62. The van der Waals surface area contributed by atoms with Gasteiger partial charge in [-0.15, -0.1) is 0 Å². The zero-order valence-corrected chi connectivity index (χ0v) is 14.1. The molecule has 1 aromatic heterocycles. The average Bonchev–Trinajstić information content (AvgIpc) is 3.25. The zero-order chi connectivity index (χ0) is 16.0. The van der Waals surface area contributed by atoms with Crippen LogP contribution in [0.25, 0.3) is 0 Å². The minimum Gasteiger partial charge on any atom is -0.267 e. The quantitative estimate of drug-likeness (QED) is 0.864. The maximum atomic E-state index is 12.7. The van der Waals surface area contributed by atoms with E-state index in [1.54, 1.807) is 4.31 Å². The van der Waals surface area contributed by atoms with Gasteiger partial charge in [-0.05, 0) is 31.4 Å². The number of fused-ring (bicyclic) bond motifs is 1. The molecule has 2 aromatic rings. The first-order valence-corrected chi connectivity index (χ1v) is 9.72. The number of hydrogen-bond acceptors (Lipinski definition) is 3. The summed E-state index contributed by atoms with van der Waals surface area (Å²) in [4.78, 5) is 0. The first-order valence-electron chi connectivity index (χ1n) is 8.11. The smallest absolute Gasteiger partial charge is 0.218 e. The summed E-state index contributed by atoms with van der Waals surface area (Å²) in [6, 6.07) is 9.80. The normalized spacial score (nSPS) is 18.8. The highest BCUT2D eigenvalue weighted by molar-refractivity contribution is 7.88. The lowest BCUT2D eigenvalue weighted by Crippen LogP contribution is -2.39. The van der Waals surface area contributed by atoms with Crippen LogP contribution in [-0.4, -0.2) is 29.0 Å². The van der Waals surface area contributed by atoms with E-state index < -0.39 is 10.0 Å². The van der Waals surface area contributed by atoms with E-state index in [-0.39, 0.29) is 5.75 Å². The molecule has 1 saturated carbocycles. The molecule has 122 valence electrons. The predicted molar refractivity (Wildman–Crippen MR) is 88.4 cm³/mol. The van der Waals surface area contributed by atoms with Crippen molar-refractivity contribution in [2.75, 3.05) is 6.54 Å². The highest BCUT2D eigenvalue weighted by Gasteiger charge is 2.31. The number of benzene rings is 1. The van der Waals surface area contributed by atoms with Crippen molar-refractivity contribution < 1.29 is 8.42 Å². The fourth-order valence-corrected chi connectivity index (χ4v) is 4.66. The van der Waals surface area contributed by atoms with Crippen LogP contribution in [0.1, 0.15) is 41.3 Å². The minimum atomic E-state index is -3.30. The van der Waals surface area contributed by atoms with Crippen LogP contribution in [0.2, 0.25) is 0 Å². The first-order chi connectivity index (χ1) is 11.0. The highest BCUT2D eigenvalue weighted by atomic mass is 32.2. The number of nitrogens with zero attached hydrogens (tertiary/aromatic N) is 3. The van der Waals surface area contributed by atoms with Gasteiger partial charge in [0, 0.05) is 12.5 Å². The summed E-state index contributed by atoms with van der Waals surface area (Å²) in [5.41, 5.74) is 4.09. The monoisotopic (exact) mass is 331 g/mol. The Hall–Kier alpha value is -1.66. The number of sulfonamides is 1. The molecule has 0 spiro atoms. The van der Waals surface area contributed by atoms with E-state index in [9.17, 15) is 8.42 Å². The molecule has 6 heteroatoms. The molecule has 0 bridgehead atoms. The summed E-state index contributed by atoms with van der Waals surface area (Å²) in [6.07, 6.45) is 2.43. The van der Waals surface area contributed by atoms with Crippen molar-refractivity contribution in [3.8, 4) is 0 Å². The van der Waals surface area contributed by atoms with Gasteiger partial charge < -0.3 is 0 Å². The van der Waals surface area contributed by atoms with E-state index in [0.29, 0.717) is 25.6 Å². The van der Waals surface area contributed by atoms with Crippen LogP contribution in [0.4, 0.5) is 0 Å². The van der Waals surface area contributed by atoms with Gasteiger partial charge in [0.1, 0.15) is 0 Å². The lowest BCUT2D eigenvalue weighted by molar-refractivity contribution is 0.326. The average molecular weight is 331 g/mol. The molecule has 1 aliphatic carbocycles. The zero-order valence-electron chi connectivity index (χ0n) is 13.3. The molecule has 0 saturated heterocycles. The molecule has 23 heavy (non-hydrogen) atoms. The lowest BCUT2D eigenvalue weighted by atomic mass is 10.2. The topological polar surface area (TPSA) is 55.2 Å². The predicted octanol–water partition coefficient (Wildman–Crippen LogP) is 2.41. The van der Waals surface area contributed by atoms with Crippen LogP contribution < -0.4 is 0 Å². The SMILES string of the molecule is Cc1cccc(CS(=O)(=O)N2CCn3nc(C4CC4)cc3C2)c1. The summed E-state index contributed by atoms with van der Waals surface area (Å²) < 4.78 is 29.0. The van der Waals surface area contributed by atoms with Crippen LogP contribution in [0.3, 0.4) is 0 Å². The maximum Gasteiger partial charge on any atom is 0.218 e. The Bertz CT molecular complexity index is 837. The van der Waals surface area contributed by atoms with Crippen molar-refractivity contribution in [1.29, 1.82) is 0 Å². The molecule has 1 aliphatic heterocycles. The van der Waals surface area contributed by atoms with Crippen molar-refractivity contribution >= 4 is 10.0 Å². The van der Waals surface area contributed by atoms with Gasteiger partial charge in [0.05, 0.1) is 30.2 Å². The molecule has 4 rings (SSSR count). The summed E-state index contributed by atoms with van der Waals surface area (Å²) in [5.74, 6) is 0.670. The Kier molecular flexibility index (Phi) is 3.54. The van der Waals surface area contributed by atoms with Gasteiger partial charge in [-0.3, -0.25) is 4.68 Å². The Morgan fingerprint density at radius 2 is 2.04 bits per heavy atom. The first kappa shape index (κ1) is 14.9. The standard InChI is InChI=1S/C17H21N3O2S/c1-13-3-2-4-14(9-13)12-23(21,22)19-7-8-20-16(11-19)10-17(18-20)15-5-6-15/h2-4,9-10,15H,5-8,11-12H2,1H3. The Balaban J connectivity index is 1.53. The summed E-state index contributed by atoms with van der Waals surface area (Å²) in [7, 11) is -3.30. The summed E-state index contributed by atoms with van der Waals surface area (Å²) in [6.45, 7) is 3.57. The molecular formula is C17H21N3O2S. The van der Waals surface area contributed by atoms with Gasteiger partial charge in [-0.2, -0.15) is 9.40 Å². The Morgan fingerprint density at radius 1 is 1.22 bits per heavy atom. The second kappa shape index (κ2) is 5.46. The van der Waals surface area contributed by atoms with E-state index >= 15 is 0 Å². The molecular weight excluding hydrogens is 310 g/mol. The van der Waals surface area contributed by atoms with Crippen LogP contribution >= 0.6 is 0 Å². The van der Waals surface area contributed by atoms with E-state index in [4.69, 9.17) is 0 Å². The lowest BCUT2D eigenvalue weighted by Gasteiger charge is -2.27. The molecule has 0 N–H and O–H groups in total. The van der Waals surface area contributed by atoms with Crippen LogP contribution in [0, 0.1) is 6.92 Å². The minimum absolute atomic E-state index is 0.0678. The maximum absolute atomic E-state index is 12.7. The molecule has 5 nitrogen and oxygen atoms in total. The van der Waals surface area contributed by atoms with E-state index in [1.807, 2.05) is 35.9 Å². The van der Waals surface area contributed by atoms with Crippen molar-refractivity contribution in [1.82, 2.24) is 14.1 Å². The van der Waals surface area contributed by atoms with Gasteiger partial charge in [0.2, 0.25) is 10.0 Å². The van der Waals surface area contributed by atoms with Crippen molar-refractivity contribution in [2.45, 2.75) is 44.5 Å². The van der Waals surface area contributed by atoms with Crippen molar-refractivity contribution in [3.05, 3.63) is 52.8 Å². The van der Waals surface area contributed by atoms with Gasteiger partial charge in [-0.1, -0.05) is 29.8 Å². The molecule has 1 aromatic carbocycles. The van der Waals surface area contributed by atoms with E-state index in [0.717, 1.165) is 22.5 Å². The van der Waals surface area contributed by atoms with Gasteiger partial charge in [0.15, 0.2) is 0 Å². The van der Waals surface area contributed by atoms with E-state index in [1.165, 1.54) is 12.8 Å². The fraction of sp³-hybridized carbons (Fsp3) is 0.471. The molecule has 2 aliphatic rings. The molecule has 0 radical (unpaired) electrons. The Morgan fingerprint density at radius 3 is 2.78 bits per heavy atom. The van der Waals surface area contributed by atoms with Gasteiger partial charge >= 0.3 is 0 Å². The summed E-state index contributed by atoms with van der Waals surface area (Å²) >= 11 is 0. The van der Waals surface area contributed by atoms with Crippen molar-refractivity contribution in [2.24, 2.45) is 0 Å². The number of aromatic nitrogens is 2. The third-order valence-electron chi connectivity index (χ3n) is 4.60. The van der Waals surface area contributed by atoms with Crippen LogP contribution in [-0.2, 0) is 28.9 Å². The van der Waals surface area contributed by atoms with Crippen LogP contribution in [0.15, 0.2) is 30.3 Å². The number of hydrogen-bond donors (Lipinski definition) is 0. The number of rotatable bonds is 4. The molecule has 0 unspecified atom stereocenters.